The van der Waals surface area contributed by atoms with Crippen molar-refractivity contribution >= 4 is 34.7 Å². The van der Waals surface area contributed by atoms with Gasteiger partial charge in [-0.1, -0.05) is 30.3 Å². The molecular formula is C26H31N3O2S2. The quantitative estimate of drug-likeness (QED) is 0.380. The Hall–Kier alpha value is -2.35. The zero-order valence-corrected chi connectivity index (χ0v) is 20.9. The molecule has 0 saturated carbocycles. The van der Waals surface area contributed by atoms with Crippen LogP contribution in [0.2, 0.25) is 0 Å². The van der Waals surface area contributed by atoms with Crippen molar-refractivity contribution in [3.8, 4) is 16.9 Å². The molecule has 1 fully saturated rings. The molecule has 1 aliphatic rings. The molecule has 33 heavy (non-hydrogen) atoms. The molecule has 0 spiro atoms. The van der Waals surface area contributed by atoms with Crippen LogP contribution in [0.5, 0.6) is 5.75 Å². The van der Waals surface area contributed by atoms with Gasteiger partial charge in [-0.15, -0.1) is 11.3 Å². The normalized spacial score (nSPS) is 14.8. The maximum atomic E-state index is 13.1. The van der Waals surface area contributed by atoms with Gasteiger partial charge in [0.05, 0.1) is 17.8 Å². The fraction of sp³-hybridized carbons (Fsp3) is 0.385. The van der Waals surface area contributed by atoms with Gasteiger partial charge in [0.25, 0.3) is 5.91 Å². The van der Waals surface area contributed by atoms with Crippen molar-refractivity contribution < 1.29 is 9.53 Å². The summed E-state index contributed by atoms with van der Waals surface area (Å²) >= 11 is 3.52. The van der Waals surface area contributed by atoms with Crippen molar-refractivity contribution in [3.63, 3.8) is 0 Å². The molecule has 5 nitrogen and oxygen atoms in total. The average Bonchev–Trinajstić information content (AvgIpc) is 3.36. The Bertz CT molecular complexity index is 1050. The lowest BCUT2D eigenvalue weighted by Crippen LogP contribution is -2.33. The van der Waals surface area contributed by atoms with Gasteiger partial charge in [0.15, 0.2) is 0 Å². The summed E-state index contributed by atoms with van der Waals surface area (Å²) in [5, 5.41) is 6.04. The standard InChI is InChI=1S/C26H31N3O2S2/c1-31-21-9-10-22(19-7-4-3-5-8-19)23(17-21)27-25(30)24-18-33-26(28-24)20-11-14-29(15-12-20)13-6-16-32-2/h3-5,7-10,17-18,20H,6,11-16H2,1-2H3,(H,27,30). The third-order valence-corrected chi connectivity index (χ3v) is 7.78. The first-order valence-electron chi connectivity index (χ1n) is 11.4. The number of ether oxygens (including phenoxy) is 1. The first-order chi connectivity index (χ1) is 16.2. The van der Waals surface area contributed by atoms with Crippen molar-refractivity contribution in [2.45, 2.75) is 25.2 Å². The van der Waals surface area contributed by atoms with E-state index in [1.54, 1.807) is 18.4 Å². The number of nitrogens with zero attached hydrogens (tertiary/aromatic N) is 2. The van der Waals surface area contributed by atoms with Crippen LogP contribution in [0.4, 0.5) is 5.69 Å². The number of rotatable bonds is 9. The van der Waals surface area contributed by atoms with E-state index in [0.717, 1.165) is 47.8 Å². The fourth-order valence-electron chi connectivity index (χ4n) is 4.22. The van der Waals surface area contributed by atoms with Gasteiger partial charge in [0.1, 0.15) is 11.4 Å². The lowest BCUT2D eigenvalue weighted by atomic mass is 9.97. The molecule has 1 amide bonds. The maximum absolute atomic E-state index is 13.1. The van der Waals surface area contributed by atoms with Gasteiger partial charge in [0, 0.05) is 22.9 Å². The highest BCUT2D eigenvalue weighted by atomic mass is 32.2. The van der Waals surface area contributed by atoms with E-state index in [1.165, 1.54) is 18.7 Å². The van der Waals surface area contributed by atoms with Crippen LogP contribution in [0, 0.1) is 0 Å². The number of benzene rings is 2. The minimum atomic E-state index is -0.183. The zero-order chi connectivity index (χ0) is 23.0. The van der Waals surface area contributed by atoms with Gasteiger partial charge in [-0.3, -0.25) is 4.79 Å². The first-order valence-corrected chi connectivity index (χ1v) is 13.7. The molecule has 1 aliphatic heterocycles. The van der Waals surface area contributed by atoms with Gasteiger partial charge in [-0.05, 0) is 68.6 Å². The van der Waals surface area contributed by atoms with Crippen LogP contribution in [0.3, 0.4) is 0 Å². The number of thioether (sulfide) groups is 1. The Morgan fingerprint density at radius 2 is 2.00 bits per heavy atom. The third-order valence-electron chi connectivity index (χ3n) is 6.07. The van der Waals surface area contributed by atoms with E-state index < -0.39 is 0 Å². The average molecular weight is 482 g/mol. The highest BCUT2D eigenvalue weighted by Crippen LogP contribution is 2.33. The van der Waals surface area contributed by atoms with Crippen LogP contribution in [-0.2, 0) is 0 Å². The number of hydrogen-bond donors (Lipinski definition) is 1. The van der Waals surface area contributed by atoms with Crippen LogP contribution in [-0.4, -0.2) is 54.5 Å². The second-order valence-corrected chi connectivity index (χ2v) is 10.1. The topological polar surface area (TPSA) is 54.5 Å². The Balaban J connectivity index is 1.42. The number of aromatic nitrogens is 1. The number of anilines is 1. The number of carbonyl (C=O) groups is 1. The van der Waals surface area contributed by atoms with E-state index in [9.17, 15) is 4.79 Å². The molecule has 4 rings (SSSR count). The van der Waals surface area contributed by atoms with Crippen molar-refractivity contribution in [2.75, 3.05) is 44.1 Å². The maximum Gasteiger partial charge on any atom is 0.275 e. The molecule has 1 saturated heterocycles. The molecule has 2 aromatic carbocycles. The summed E-state index contributed by atoms with van der Waals surface area (Å²) in [7, 11) is 1.63. The summed E-state index contributed by atoms with van der Waals surface area (Å²) < 4.78 is 5.39. The number of piperidine rings is 1. The minimum absolute atomic E-state index is 0.183. The van der Waals surface area contributed by atoms with Crippen molar-refractivity contribution in [1.29, 1.82) is 0 Å². The second-order valence-electron chi connectivity index (χ2n) is 8.26. The highest BCUT2D eigenvalue weighted by molar-refractivity contribution is 7.98. The lowest BCUT2D eigenvalue weighted by molar-refractivity contribution is 0.102. The summed E-state index contributed by atoms with van der Waals surface area (Å²) in [6.07, 6.45) is 5.64. The highest BCUT2D eigenvalue weighted by Gasteiger charge is 2.24. The summed E-state index contributed by atoms with van der Waals surface area (Å²) in [5.41, 5.74) is 3.20. The molecule has 1 aromatic heterocycles. The Morgan fingerprint density at radius 3 is 2.73 bits per heavy atom. The molecule has 0 aliphatic carbocycles. The molecular weight excluding hydrogens is 450 g/mol. The Labute approximate surface area is 204 Å². The summed E-state index contributed by atoms with van der Waals surface area (Å²) in [6.45, 7) is 3.41. The van der Waals surface area contributed by atoms with Crippen LogP contribution in [0.1, 0.15) is 40.7 Å². The predicted molar refractivity (Wildman–Crippen MR) is 140 cm³/mol. The zero-order valence-electron chi connectivity index (χ0n) is 19.3. The lowest BCUT2D eigenvalue weighted by Gasteiger charge is -2.30. The van der Waals surface area contributed by atoms with Gasteiger partial charge >= 0.3 is 0 Å². The molecule has 0 bridgehead atoms. The van der Waals surface area contributed by atoms with Crippen LogP contribution in [0.15, 0.2) is 53.9 Å². The van der Waals surface area contributed by atoms with E-state index in [4.69, 9.17) is 9.72 Å². The first kappa shape index (κ1) is 23.8. The molecule has 3 aromatic rings. The fourth-order valence-corrected chi connectivity index (χ4v) is 5.61. The molecule has 1 N–H and O–H groups in total. The van der Waals surface area contributed by atoms with Crippen molar-refractivity contribution in [3.05, 3.63) is 64.6 Å². The van der Waals surface area contributed by atoms with E-state index in [-0.39, 0.29) is 5.91 Å². The van der Waals surface area contributed by atoms with Crippen LogP contribution in [0.25, 0.3) is 11.1 Å². The largest absolute Gasteiger partial charge is 0.497 e. The SMILES string of the molecule is COc1ccc(-c2ccccc2)c(NC(=O)c2csc(C3CCN(CCCSC)CC3)n2)c1. The van der Waals surface area contributed by atoms with Crippen LogP contribution < -0.4 is 10.1 Å². The number of methoxy groups -OCH3 is 1. The Kier molecular flexibility index (Phi) is 8.42. The van der Waals surface area contributed by atoms with Gasteiger partial charge < -0.3 is 15.0 Å². The summed E-state index contributed by atoms with van der Waals surface area (Å²) in [5.74, 6) is 2.19. The second kappa shape index (κ2) is 11.7. The Morgan fingerprint density at radius 1 is 1.21 bits per heavy atom. The number of amides is 1. The van der Waals surface area contributed by atoms with Crippen molar-refractivity contribution in [1.82, 2.24) is 9.88 Å². The molecule has 0 radical (unpaired) electrons. The van der Waals surface area contributed by atoms with E-state index in [0.29, 0.717) is 17.4 Å². The monoisotopic (exact) mass is 481 g/mol. The molecule has 0 unspecified atom stereocenters. The smallest absolute Gasteiger partial charge is 0.275 e. The third kappa shape index (κ3) is 6.16. The van der Waals surface area contributed by atoms with Gasteiger partial charge in [0.2, 0.25) is 0 Å². The summed E-state index contributed by atoms with van der Waals surface area (Å²) in [4.78, 5) is 20.4. The minimum Gasteiger partial charge on any atom is -0.497 e. The number of thiazole rings is 1. The van der Waals surface area contributed by atoms with E-state index in [2.05, 4.69) is 16.5 Å². The summed E-state index contributed by atoms with van der Waals surface area (Å²) in [6, 6.07) is 15.8. The molecule has 174 valence electrons. The number of carbonyl (C=O) groups excluding carboxylic acids is 1. The van der Waals surface area contributed by atoms with E-state index in [1.807, 2.05) is 65.7 Å². The van der Waals surface area contributed by atoms with Gasteiger partial charge in [-0.25, -0.2) is 4.98 Å². The predicted octanol–water partition coefficient (Wildman–Crippen LogP) is 6.00. The molecule has 0 atom stereocenters. The van der Waals surface area contributed by atoms with Gasteiger partial charge in [-0.2, -0.15) is 11.8 Å². The number of hydrogen-bond acceptors (Lipinski definition) is 6. The number of likely N-dealkylation sites (tertiary alicyclic amines) is 1. The van der Waals surface area contributed by atoms with Crippen molar-refractivity contribution in [2.24, 2.45) is 0 Å². The molecule has 2 heterocycles. The molecule has 7 heteroatoms. The van der Waals surface area contributed by atoms with Crippen LogP contribution >= 0.6 is 23.1 Å². The number of nitrogens with one attached hydrogen (secondary N) is 1. The van der Waals surface area contributed by atoms with E-state index >= 15 is 0 Å².